The fourth-order valence-electron chi connectivity index (χ4n) is 9.05. The van der Waals surface area contributed by atoms with Crippen LogP contribution in [0.15, 0.2) is 188 Å². The molecule has 1 aliphatic carbocycles. The minimum absolute atomic E-state index is 0.276. The van der Waals surface area contributed by atoms with E-state index in [1.165, 1.54) is 71.4 Å². The van der Waals surface area contributed by atoms with Crippen LogP contribution in [0.5, 0.6) is 0 Å². The zero-order valence-electron chi connectivity index (χ0n) is 31.7. The summed E-state index contributed by atoms with van der Waals surface area (Å²) < 4.78 is 0. The lowest BCUT2D eigenvalue weighted by molar-refractivity contribution is 0.666. The standard InChI is InChI=1S/C54H37N3/c1-54(2)47-23-12-11-21-45(47)49-46(33-42-20-13-22-44(48(42)50(49)54)41-28-24-35-16-9-10-19-37(35)31-41)53-56-51(36-17-7-4-8-18-36)55-52(57-53)43-29-27-39-30-38(25-26-40(39)32-43)34-14-5-3-6-15-34/h3-33H,1-2H3. The molecule has 0 saturated heterocycles. The molecule has 57 heavy (non-hydrogen) atoms. The normalized spacial score (nSPS) is 12.9. The second kappa shape index (κ2) is 12.9. The molecule has 0 amide bonds. The van der Waals surface area contributed by atoms with Crippen LogP contribution in [0.3, 0.4) is 0 Å². The molecule has 0 aliphatic heterocycles. The minimum Gasteiger partial charge on any atom is -0.208 e. The Labute approximate surface area is 332 Å². The number of nitrogens with zero attached hydrogens (tertiary/aromatic N) is 3. The summed E-state index contributed by atoms with van der Waals surface area (Å²) in [6, 6.07) is 67.3. The molecule has 3 nitrogen and oxygen atoms in total. The predicted molar refractivity (Wildman–Crippen MR) is 237 cm³/mol. The van der Waals surface area contributed by atoms with Gasteiger partial charge in [0.1, 0.15) is 0 Å². The molecule has 0 bridgehead atoms. The molecule has 0 atom stereocenters. The van der Waals surface area contributed by atoms with E-state index in [4.69, 9.17) is 15.0 Å². The average molecular weight is 728 g/mol. The highest BCUT2D eigenvalue weighted by Crippen LogP contribution is 2.56. The molecule has 10 aromatic rings. The second-order valence-electron chi connectivity index (χ2n) is 15.6. The van der Waals surface area contributed by atoms with E-state index in [0.717, 1.165) is 22.1 Å². The quantitative estimate of drug-likeness (QED) is 0.177. The van der Waals surface area contributed by atoms with Gasteiger partial charge in [0.2, 0.25) is 0 Å². The van der Waals surface area contributed by atoms with Crippen molar-refractivity contribution in [2.75, 3.05) is 0 Å². The fraction of sp³-hybridized carbons (Fsp3) is 0.0556. The van der Waals surface area contributed by atoms with Gasteiger partial charge < -0.3 is 0 Å². The van der Waals surface area contributed by atoms with E-state index in [1.54, 1.807) is 0 Å². The highest BCUT2D eigenvalue weighted by Gasteiger charge is 2.39. The van der Waals surface area contributed by atoms with Gasteiger partial charge in [-0.15, -0.1) is 0 Å². The van der Waals surface area contributed by atoms with Crippen LogP contribution in [0.2, 0.25) is 0 Å². The molecule has 1 aromatic heterocycles. The minimum atomic E-state index is -0.276. The van der Waals surface area contributed by atoms with Gasteiger partial charge in [0.05, 0.1) is 0 Å². The van der Waals surface area contributed by atoms with E-state index >= 15 is 0 Å². The van der Waals surface area contributed by atoms with Crippen LogP contribution in [0.25, 0.3) is 99.9 Å². The number of hydrogen-bond acceptors (Lipinski definition) is 3. The molecule has 0 radical (unpaired) electrons. The van der Waals surface area contributed by atoms with Crippen molar-refractivity contribution in [1.82, 2.24) is 15.0 Å². The lowest BCUT2D eigenvalue weighted by Gasteiger charge is -2.25. The summed E-state index contributed by atoms with van der Waals surface area (Å²) in [6.07, 6.45) is 0. The maximum Gasteiger partial charge on any atom is 0.164 e. The van der Waals surface area contributed by atoms with E-state index in [9.17, 15) is 0 Å². The maximum atomic E-state index is 5.37. The first-order valence-electron chi connectivity index (χ1n) is 19.6. The molecule has 0 N–H and O–H groups in total. The Morgan fingerprint density at radius 1 is 0.333 bits per heavy atom. The smallest absolute Gasteiger partial charge is 0.164 e. The molecule has 0 saturated carbocycles. The fourth-order valence-corrected chi connectivity index (χ4v) is 9.05. The van der Waals surface area contributed by atoms with Crippen molar-refractivity contribution < 1.29 is 0 Å². The maximum absolute atomic E-state index is 5.37. The number of rotatable bonds is 5. The van der Waals surface area contributed by atoms with Crippen molar-refractivity contribution in [2.24, 2.45) is 0 Å². The Balaban J connectivity index is 1.15. The summed E-state index contributed by atoms with van der Waals surface area (Å²) in [6.45, 7) is 4.73. The van der Waals surface area contributed by atoms with Crippen molar-refractivity contribution in [3.63, 3.8) is 0 Å². The second-order valence-corrected chi connectivity index (χ2v) is 15.6. The lowest BCUT2D eigenvalue weighted by atomic mass is 9.78. The molecule has 268 valence electrons. The van der Waals surface area contributed by atoms with Crippen LogP contribution in [-0.4, -0.2) is 15.0 Å². The summed E-state index contributed by atoms with van der Waals surface area (Å²) >= 11 is 0. The molecule has 0 fully saturated rings. The van der Waals surface area contributed by atoms with Crippen molar-refractivity contribution >= 4 is 32.3 Å². The molecule has 9 aromatic carbocycles. The van der Waals surface area contributed by atoms with Crippen LogP contribution in [0.4, 0.5) is 0 Å². The Morgan fingerprint density at radius 3 is 1.65 bits per heavy atom. The van der Waals surface area contributed by atoms with Gasteiger partial charge in [-0.2, -0.15) is 0 Å². The summed E-state index contributed by atoms with van der Waals surface area (Å²) in [5.41, 5.74) is 12.5. The summed E-state index contributed by atoms with van der Waals surface area (Å²) in [7, 11) is 0. The van der Waals surface area contributed by atoms with Crippen molar-refractivity contribution in [2.45, 2.75) is 19.3 Å². The molecule has 1 heterocycles. The molecule has 0 unspecified atom stereocenters. The van der Waals surface area contributed by atoms with Crippen LogP contribution in [0.1, 0.15) is 25.0 Å². The van der Waals surface area contributed by atoms with E-state index in [2.05, 4.69) is 184 Å². The van der Waals surface area contributed by atoms with Crippen LogP contribution in [-0.2, 0) is 5.41 Å². The topological polar surface area (TPSA) is 38.7 Å². The Morgan fingerprint density at radius 2 is 0.860 bits per heavy atom. The molecular formula is C54H37N3. The number of fused-ring (bicyclic) bond motifs is 7. The Hall–Kier alpha value is -7.23. The van der Waals surface area contributed by atoms with Crippen LogP contribution in [0, 0.1) is 0 Å². The molecular weight excluding hydrogens is 691 g/mol. The lowest BCUT2D eigenvalue weighted by Crippen LogP contribution is -2.16. The van der Waals surface area contributed by atoms with E-state index in [1.807, 2.05) is 18.2 Å². The van der Waals surface area contributed by atoms with Gasteiger partial charge in [-0.05, 0) is 101 Å². The zero-order chi connectivity index (χ0) is 38.1. The summed E-state index contributed by atoms with van der Waals surface area (Å²) in [4.78, 5) is 15.8. The highest BCUT2D eigenvalue weighted by molar-refractivity contribution is 6.10. The SMILES string of the molecule is CC1(C)c2ccccc2-c2c(-c3nc(-c4ccccc4)nc(-c4ccc5cc(-c6ccccc6)ccc5c4)n3)cc3cccc(-c4ccc5ccccc5c4)c3c21. The van der Waals surface area contributed by atoms with Crippen LogP contribution < -0.4 is 0 Å². The summed E-state index contributed by atoms with van der Waals surface area (Å²) in [5.74, 6) is 1.97. The van der Waals surface area contributed by atoms with Gasteiger partial charge in [-0.3, -0.25) is 0 Å². The molecule has 11 rings (SSSR count). The predicted octanol–water partition coefficient (Wildman–Crippen LogP) is 14.0. The first kappa shape index (κ1) is 33.1. The number of benzene rings is 9. The van der Waals surface area contributed by atoms with Crippen molar-refractivity contribution in [3.05, 3.63) is 199 Å². The first-order chi connectivity index (χ1) is 28.0. The van der Waals surface area contributed by atoms with E-state index in [-0.39, 0.29) is 5.41 Å². The largest absolute Gasteiger partial charge is 0.208 e. The Bertz CT molecular complexity index is 3200. The van der Waals surface area contributed by atoms with Crippen molar-refractivity contribution in [1.29, 1.82) is 0 Å². The zero-order valence-corrected chi connectivity index (χ0v) is 31.7. The van der Waals surface area contributed by atoms with Crippen molar-refractivity contribution in [3.8, 4) is 67.5 Å². The van der Waals surface area contributed by atoms with Crippen LogP contribution >= 0.6 is 0 Å². The van der Waals surface area contributed by atoms with Gasteiger partial charge in [0.25, 0.3) is 0 Å². The van der Waals surface area contributed by atoms with Gasteiger partial charge in [0, 0.05) is 22.1 Å². The third-order valence-corrected chi connectivity index (χ3v) is 11.8. The first-order valence-corrected chi connectivity index (χ1v) is 19.6. The molecule has 0 spiro atoms. The third kappa shape index (κ3) is 5.46. The van der Waals surface area contributed by atoms with E-state index < -0.39 is 0 Å². The third-order valence-electron chi connectivity index (χ3n) is 11.8. The van der Waals surface area contributed by atoms with Gasteiger partial charge in [0.15, 0.2) is 17.5 Å². The number of aromatic nitrogens is 3. The number of hydrogen-bond donors (Lipinski definition) is 0. The van der Waals surface area contributed by atoms with Gasteiger partial charge in [-0.1, -0.05) is 178 Å². The molecule has 3 heteroatoms. The monoisotopic (exact) mass is 727 g/mol. The van der Waals surface area contributed by atoms with E-state index in [0.29, 0.717) is 17.5 Å². The Kier molecular flexibility index (Phi) is 7.52. The summed E-state index contributed by atoms with van der Waals surface area (Å²) in [5, 5.41) is 7.22. The van der Waals surface area contributed by atoms with Gasteiger partial charge in [-0.25, -0.2) is 15.0 Å². The highest BCUT2D eigenvalue weighted by atomic mass is 15.0. The van der Waals surface area contributed by atoms with Gasteiger partial charge >= 0.3 is 0 Å². The molecule has 1 aliphatic rings. The average Bonchev–Trinajstić information content (AvgIpc) is 3.52.